The number of rotatable bonds is 5. The van der Waals surface area contributed by atoms with E-state index >= 15 is 0 Å². The molecule has 0 bridgehead atoms. The summed E-state index contributed by atoms with van der Waals surface area (Å²) in [5.41, 5.74) is 0.791. The first-order valence-corrected chi connectivity index (χ1v) is 9.91. The summed E-state index contributed by atoms with van der Waals surface area (Å²) < 4.78 is 24.8. The van der Waals surface area contributed by atoms with Crippen molar-refractivity contribution < 1.29 is 13.2 Å². The molecule has 0 aliphatic heterocycles. The molecule has 0 aliphatic carbocycles. The Kier molecular flexibility index (Phi) is 5.49. The second kappa shape index (κ2) is 7.19. The van der Waals surface area contributed by atoms with Gasteiger partial charge in [0.25, 0.3) is 5.91 Å². The van der Waals surface area contributed by atoms with Crippen molar-refractivity contribution in [3.8, 4) is 0 Å². The van der Waals surface area contributed by atoms with Gasteiger partial charge in [0.1, 0.15) is 0 Å². The summed E-state index contributed by atoms with van der Waals surface area (Å²) in [6, 6.07) is 13.7. The molecule has 0 atom stereocenters. The van der Waals surface area contributed by atoms with Gasteiger partial charge in [0, 0.05) is 10.6 Å². The molecule has 0 saturated carbocycles. The summed E-state index contributed by atoms with van der Waals surface area (Å²) in [5.74, 6) is -0.429. The average Bonchev–Trinajstić information content (AvgIpc) is 2.55. The van der Waals surface area contributed by atoms with E-state index in [-0.39, 0.29) is 10.5 Å². The molecule has 1 N–H and O–H groups in total. The molecule has 1 amide bonds. The lowest BCUT2D eigenvalue weighted by Crippen LogP contribution is -2.20. The van der Waals surface area contributed by atoms with Gasteiger partial charge in [0.05, 0.1) is 15.7 Å². The Balaban J connectivity index is 2.33. The third-order valence-corrected chi connectivity index (χ3v) is 6.36. The Hall–Kier alpha value is -1.79. The van der Waals surface area contributed by atoms with Crippen LogP contribution in [0.5, 0.6) is 0 Å². The van der Waals surface area contributed by atoms with E-state index in [9.17, 15) is 13.2 Å². The zero-order valence-electron chi connectivity index (χ0n) is 13.2. The maximum absolute atomic E-state index is 12.5. The number of carbonyl (C=O) groups excluding carboxylic acids is 1. The Morgan fingerprint density at radius 2 is 1.65 bits per heavy atom. The first-order chi connectivity index (χ1) is 10.9. The lowest BCUT2D eigenvalue weighted by atomic mass is 10.2. The van der Waals surface area contributed by atoms with Crippen LogP contribution in [0.25, 0.3) is 0 Å². The van der Waals surface area contributed by atoms with Gasteiger partial charge in [-0.2, -0.15) is 0 Å². The molecule has 0 saturated heterocycles. The van der Waals surface area contributed by atoms with Crippen LogP contribution in [0.4, 0.5) is 5.69 Å². The topological polar surface area (TPSA) is 63.2 Å². The number of carbonyl (C=O) groups is 1. The summed E-state index contributed by atoms with van der Waals surface area (Å²) in [4.78, 5) is 13.6. The largest absolute Gasteiger partial charge is 0.322 e. The van der Waals surface area contributed by atoms with Crippen molar-refractivity contribution in [1.29, 1.82) is 0 Å². The quantitative estimate of drug-likeness (QED) is 0.833. The van der Waals surface area contributed by atoms with E-state index < -0.39 is 21.0 Å². The number of thioether (sulfide) groups is 1. The van der Waals surface area contributed by atoms with Crippen molar-refractivity contribution >= 4 is 33.2 Å². The van der Waals surface area contributed by atoms with Gasteiger partial charge in [-0.25, -0.2) is 8.42 Å². The summed E-state index contributed by atoms with van der Waals surface area (Å²) in [7, 11) is -3.52. The molecule has 2 aromatic carbocycles. The zero-order valence-corrected chi connectivity index (χ0v) is 14.9. The lowest BCUT2D eigenvalue weighted by Gasteiger charge is -2.13. The van der Waals surface area contributed by atoms with Gasteiger partial charge in [0.15, 0.2) is 9.84 Å². The van der Waals surface area contributed by atoms with Gasteiger partial charge in [-0.15, -0.1) is 11.8 Å². The Morgan fingerprint density at radius 1 is 1.04 bits per heavy atom. The molecule has 0 fully saturated rings. The van der Waals surface area contributed by atoms with Crippen molar-refractivity contribution in [3.05, 3.63) is 54.1 Å². The minimum absolute atomic E-state index is 0.0632. The van der Waals surface area contributed by atoms with Crippen LogP contribution in [0.2, 0.25) is 0 Å². The van der Waals surface area contributed by atoms with E-state index in [1.165, 1.54) is 12.1 Å². The van der Waals surface area contributed by atoms with Gasteiger partial charge in [-0.3, -0.25) is 4.79 Å². The molecule has 6 heteroatoms. The highest BCUT2D eigenvalue weighted by Gasteiger charge is 2.25. The Morgan fingerprint density at radius 3 is 2.22 bits per heavy atom. The van der Waals surface area contributed by atoms with Gasteiger partial charge in [-0.05, 0) is 56.5 Å². The minimum atomic E-state index is -3.52. The molecular formula is C17H19NO3S2. The summed E-state index contributed by atoms with van der Waals surface area (Å²) in [6.07, 6.45) is 1.97. The van der Waals surface area contributed by atoms with E-state index in [4.69, 9.17) is 0 Å². The molecule has 0 aromatic heterocycles. The van der Waals surface area contributed by atoms with Crippen LogP contribution in [-0.4, -0.2) is 25.8 Å². The molecule has 0 radical (unpaired) electrons. The van der Waals surface area contributed by atoms with E-state index in [1.54, 1.807) is 49.9 Å². The third-order valence-electron chi connectivity index (χ3n) is 3.41. The Labute approximate surface area is 141 Å². The van der Waals surface area contributed by atoms with Crippen molar-refractivity contribution in [2.24, 2.45) is 0 Å². The fourth-order valence-corrected chi connectivity index (χ4v) is 3.68. The summed E-state index contributed by atoms with van der Waals surface area (Å²) in [6.45, 7) is 3.20. The molecule has 4 nitrogen and oxygen atoms in total. The number of anilines is 1. The van der Waals surface area contributed by atoms with Gasteiger partial charge >= 0.3 is 0 Å². The molecule has 23 heavy (non-hydrogen) atoms. The van der Waals surface area contributed by atoms with Crippen molar-refractivity contribution in [2.45, 2.75) is 28.9 Å². The van der Waals surface area contributed by atoms with E-state index in [0.29, 0.717) is 5.69 Å². The van der Waals surface area contributed by atoms with Gasteiger partial charge in [0.2, 0.25) is 0 Å². The van der Waals surface area contributed by atoms with Crippen LogP contribution < -0.4 is 5.32 Å². The first-order valence-electron chi connectivity index (χ1n) is 7.14. The second-order valence-corrected chi connectivity index (χ2v) is 8.62. The number of sulfone groups is 1. The van der Waals surface area contributed by atoms with Crippen molar-refractivity contribution in [2.75, 3.05) is 11.6 Å². The maximum Gasteiger partial charge on any atom is 0.256 e. The predicted octanol–water partition coefficient (Wildman–Crippen LogP) is 3.84. The molecule has 2 aromatic rings. The van der Waals surface area contributed by atoms with E-state index in [0.717, 1.165) is 4.90 Å². The highest BCUT2D eigenvalue weighted by Crippen LogP contribution is 2.22. The van der Waals surface area contributed by atoms with Crippen LogP contribution in [0.3, 0.4) is 0 Å². The lowest BCUT2D eigenvalue weighted by molar-refractivity contribution is 0.102. The SMILES string of the molecule is CSc1ccc(NC(=O)c2ccccc2S(=O)(=O)C(C)C)cc1. The average molecular weight is 349 g/mol. The fraction of sp³-hybridized carbons (Fsp3) is 0.235. The molecule has 0 aliphatic rings. The monoisotopic (exact) mass is 349 g/mol. The first kappa shape index (κ1) is 17.6. The smallest absolute Gasteiger partial charge is 0.256 e. The predicted molar refractivity (Wildman–Crippen MR) is 94.9 cm³/mol. The van der Waals surface area contributed by atoms with Crippen molar-refractivity contribution in [1.82, 2.24) is 0 Å². The van der Waals surface area contributed by atoms with E-state index in [2.05, 4.69) is 5.32 Å². The number of hydrogen-bond acceptors (Lipinski definition) is 4. The highest BCUT2D eigenvalue weighted by atomic mass is 32.2. The van der Waals surface area contributed by atoms with Crippen LogP contribution in [0.1, 0.15) is 24.2 Å². The van der Waals surface area contributed by atoms with Gasteiger partial charge in [-0.1, -0.05) is 12.1 Å². The highest BCUT2D eigenvalue weighted by molar-refractivity contribution is 7.98. The molecule has 2 rings (SSSR count). The third kappa shape index (κ3) is 3.95. The zero-order chi connectivity index (χ0) is 17.0. The summed E-state index contributed by atoms with van der Waals surface area (Å²) >= 11 is 1.61. The van der Waals surface area contributed by atoms with Crippen LogP contribution in [0.15, 0.2) is 58.3 Å². The van der Waals surface area contributed by atoms with Crippen LogP contribution in [-0.2, 0) is 9.84 Å². The molecule has 0 unspecified atom stereocenters. The van der Waals surface area contributed by atoms with E-state index in [1.807, 2.05) is 18.4 Å². The number of amides is 1. The number of hydrogen-bond donors (Lipinski definition) is 1. The Bertz CT molecular complexity index is 797. The summed E-state index contributed by atoms with van der Waals surface area (Å²) in [5, 5.41) is 2.16. The normalized spacial score (nSPS) is 11.5. The maximum atomic E-state index is 12.5. The van der Waals surface area contributed by atoms with Crippen LogP contribution in [0, 0.1) is 0 Å². The fourth-order valence-electron chi connectivity index (χ4n) is 2.03. The minimum Gasteiger partial charge on any atom is -0.322 e. The number of benzene rings is 2. The molecule has 0 spiro atoms. The molecular weight excluding hydrogens is 330 g/mol. The van der Waals surface area contributed by atoms with Gasteiger partial charge < -0.3 is 5.32 Å². The number of nitrogens with one attached hydrogen (secondary N) is 1. The van der Waals surface area contributed by atoms with Crippen LogP contribution >= 0.6 is 11.8 Å². The molecule has 122 valence electrons. The van der Waals surface area contributed by atoms with Crippen molar-refractivity contribution in [3.63, 3.8) is 0 Å². The second-order valence-electron chi connectivity index (χ2n) is 5.27. The molecule has 0 heterocycles. The standard InChI is InChI=1S/C17H19NO3S2/c1-12(2)23(20,21)16-7-5-4-6-15(16)17(19)18-13-8-10-14(22-3)11-9-13/h4-12H,1-3H3,(H,18,19).